The predicted octanol–water partition coefficient (Wildman–Crippen LogP) is 3.47. The molecule has 234 valence electrons. The second kappa shape index (κ2) is 11.4. The lowest BCUT2D eigenvalue weighted by Gasteiger charge is -2.39. The molecule has 5 atom stereocenters. The highest BCUT2D eigenvalue weighted by atomic mass is 16.7. The standard InChI is InChI=1S/C32H32N4O9/c1-39-18-7-5-17(6-8-18)36-13-22(34-35-36)31(37)33-29-20-12-24-23(44-15-45-24)11-19(20)27(28-21(29)14-43-32(28)38)16-9-25(40-2)30(42-4)26(10-16)41-3/h5,7-13,17,21,27-29H,6,14-15H2,1-4H3,(H,33,37)/t17?,21-,27+,28-,29+/m0/s1. The summed E-state index contributed by atoms with van der Waals surface area (Å²) in [7, 11) is 6.24. The molecule has 0 saturated carbocycles. The second-order valence-corrected chi connectivity index (χ2v) is 11.1. The van der Waals surface area contributed by atoms with Gasteiger partial charge in [-0.3, -0.25) is 9.59 Å². The van der Waals surface area contributed by atoms with E-state index < -0.39 is 29.7 Å². The van der Waals surface area contributed by atoms with Crippen LogP contribution in [-0.4, -0.2) is 68.7 Å². The van der Waals surface area contributed by atoms with Gasteiger partial charge in [-0.2, -0.15) is 0 Å². The summed E-state index contributed by atoms with van der Waals surface area (Å²) < 4.78 is 40.9. The number of nitrogens with one attached hydrogen (secondary N) is 1. The van der Waals surface area contributed by atoms with Crippen LogP contribution in [-0.2, 0) is 14.3 Å². The Bertz CT molecular complexity index is 1710. The minimum absolute atomic E-state index is 0.0682. The topological polar surface area (TPSA) is 141 Å². The molecule has 45 heavy (non-hydrogen) atoms. The van der Waals surface area contributed by atoms with Crippen molar-refractivity contribution in [2.45, 2.75) is 24.4 Å². The Hall–Kier alpha value is -5.20. The quantitative estimate of drug-likeness (QED) is 0.372. The summed E-state index contributed by atoms with van der Waals surface area (Å²) in [6.07, 6.45) is 8.03. The van der Waals surface area contributed by atoms with Crippen molar-refractivity contribution < 1.29 is 42.7 Å². The molecule has 7 rings (SSSR count). The normalized spacial score (nSPS) is 24.2. The molecule has 13 nitrogen and oxygen atoms in total. The van der Waals surface area contributed by atoms with Crippen molar-refractivity contribution in [2.75, 3.05) is 41.8 Å². The molecule has 1 amide bonds. The van der Waals surface area contributed by atoms with E-state index in [2.05, 4.69) is 15.6 Å². The van der Waals surface area contributed by atoms with Gasteiger partial charge in [0.25, 0.3) is 5.91 Å². The lowest BCUT2D eigenvalue weighted by Crippen LogP contribution is -2.43. The molecule has 0 spiro atoms. The van der Waals surface area contributed by atoms with E-state index in [-0.39, 0.29) is 31.1 Å². The monoisotopic (exact) mass is 616 g/mol. The van der Waals surface area contributed by atoms with Crippen molar-refractivity contribution in [1.29, 1.82) is 0 Å². The zero-order chi connectivity index (χ0) is 31.2. The Balaban J connectivity index is 1.27. The maximum absolute atomic E-state index is 13.7. The SMILES string of the molecule is COC1=CCC(n2cc(C(=O)N[C@@H]3c4cc5c(cc4[C@@H](c4cc(OC)c(OC)c(OC)c4)[C@H]4C(=O)OC[C@@H]43)OCO5)nn2)C=C1. The highest BCUT2D eigenvalue weighted by Gasteiger charge is 2.53. The highest BCUT2D eigenvalue weighted by molar-refractivity contribution is 5.92. The first-order chi connectivity index (χ1) is 21.9. The lowest BCUT2D eigenvalue weighted by atomic mass is 9.65. The van der Waals surface area contributed by atoms with Crippen LogP contribution in [0.3, 0.4) is 0 Å². The maximum Gasteiger partial charge on any atom is 0.310 e. The molecule has 13 heteroatoms. The number of hydrogen-bond donors (Lipinski definition) is 1. The van der Waals surface area contributed by atoms with E-state index in [0.29, 0.717) is 35.2 Å². The number of esters is 1. The molecule has 0 bridgehead atoms. The number of cyclic esters (lactones) is 1. The van der Waals surface area contributed by atoms with E-state index in [0.717, 1.165) is 22.4 Å². The average molecular weight is 617 g/mol. The van der Waals surface area contributed by atoms with Crippen LogP contribution in [0.5, 0.6) is 28.7 Å². The molecule has 1 saturated heterocycles. The number of rotatable bonds is 8. The number of amides is 1. The van der Waals surface area contributed by atoms with Gasteiger partial charge in [-0.05, 0) is 59.5 Å². The molecular weight excluding hydrogens is 584 g/mol. The van der Waals surface area contributed by atoms with Gasteiger partial charge in [0.1, 0.15) is 5.76 Å². The molecule has 1 aromatic heterocycles. The van der Waals surface area contributed by atoms with Gasteiger partial charge in [0, 0.05) is 11.8 Å². The van der Waals surface area contributed by atoms with Gasteiger partial charge in [0.05, 0.1) is 59.2 Å². The van der Waals surface area contributed by atoms with Gasteiger partial charge >= 0.3 is 5.97 Å². The molecular formula is C32H32N4O9. The van der Waals surface area contributed by atoms with E-state index in [1.165, 1.54) is 7.11 Å². The Morgan fingerprint density at radius 2 is 1.69 bits per heavy atom. The van der Waals surface area contributed by atoms with E-state index in [4.69, 9.17) is 33.2 Å². The Morgan fingerprint density at radius 3 is 2.33 bits per heavy atom. The van der Waals surface area contributed by atoms with Crippen LogP contribution in [0.2, 0.25) is 0 Å². The zero-order valence-electron chi connectivity index (χ0n) is 25.1. The third-order valence-electron chi connectivity index (χ3n) is 8.88. The van der Waals surface area contributed by atoms with Crippen LogP contribution in [0.25, 0.3) is 0 Å². The van der Waals surface area contributed by atoms with Crippen LogP contribution < -0.4 is 29.0 Å². The number of aromatic nitrogens is 3. The fourth-order valence-corrected chi connectivity index (χ4v) is 6.72. The first kappa shape index (κ1) is 28.6. The summed E-state index contributed by atoms with van der Waals surface area (Å²) in [5.41, 5.74) is 2.49. The van der Waals surface area contributed by atoms with Gasteiger partial charge in [0.15, 0.2) is 28.7 Å². The summed E-state index contributed by atoms with van der Waals surface area (Å²) in [5.74, 6) is 0.945. The average Bonchev–Trinajstić information content (AvgIpc) is 3.84. The Kier molecular flexibility index (Phi) is 7.22. The third kappa shape index (κ3) is 4.78. The smallest absolute Gasteiger partial charge is 0.310 e. The number of allylic oxidation sites excluding steroid dienone is 3. The Labute approximate surface area is 258 Å². The molecule has 1 unspecified atom stereocenters. The van der Waals surface area contributed by atoms with Crippen molar-refractivity contribution in [3.63, 3.8) is 0 Å². The zero-order valence-corrected chi connectivity index (χ0v) is 25.1. The van der Waals surface area contributed by atoms with E-state index in [1.54, 1.807) is 32.2 Å². The predicted molar refractivity (Wildman–Crippen MR) is 157 cm³/mol. The van der Waals surface area contributed by atoms with Crippen LogP contribution >= 0.6 is 0 Å². The molecule has 3 heterocycles. The van der Waals surface area contributed by atoms with Crippen LogP contribution in [0.15, 0.2) is 54.4 Å². The number of carbonyl (C=O) groups excluding carboxylic acids is 2. The Morgan fingerprint density at radius 1 is 0.956 bits per heavy atom. The van der Waals surface area contributed by atoms with Crippen molar-refractivity contribution >= 4 is 11.9 Å². The minimum atomic E-state index is -0.629. The van der Waals surface area contributed by atoms with Crippen LogP contribution in [0.4, 0.5) is 0 Å². The summed E-state index contributed by atoms with van der Waals surface area (Å²) in [6, 6.07) is 6.73. The van der Waals surface area contributed by atoms with E-state index >= 15 is 0 Å². The molecule has 3 aromatic rings. The largest absolute Gasteiger partial charge is 0.497 e. The fourth-order valence-electron chi connectivity index (χ4n) is 6.72. The van der Waals surface area contributed by atoms with Crippen LogP contribution in [0.1, 0.15) is 51.6 Å². The number of fused-ring (bicyclic) bond motifs is 3. The number of methoxy groups -OCH3 is 4. The molecule has 2 aliphatic carbocycles. The van der Waals surface area contributed by atoms with Gasteiger partial charge in [-0.25, -0.2) is 4.68 Å². The molecule has 1 N–H and O–H groups in total. The number of benzene rings is 2. The minimum Gasteiger partial charge on any atom is -0.497 e. The first-order valence-electron chi connectivity index (χ1n) is 14.5. The van der Waals surface area contributed by atoms with Crippen molar-refractivity contribution in [3.8, 4) is 28.7 Å². The third-order valence-corrected chi connectivity index (χ3v) is 8.88. The number of carbonyl (C=O) groups is 2. The summed E-state index contributed by atoms with van der Waals surface area (Å²) in [4.78, 5) is 27.2. The van der Waals surface area contributed by atoms with Gasteiger partial charge in [-0.1, -0.05) is 11.3 Å². The molecule has 1 fully saturated rings. The number of hydrogen-bond acceptors (Lipinski definition) is 11. The van der Waals surface area contributed by atoms with Gasteiger partial charge in [-0.15, -0.1) is 5.10 Å². The molecule has 4 aliphatic rings. The lowest BCUT2D eigenvalue weighted by molar-refractivity contribution is -0.141. The second-order valence-electron chi connectivity index (χ2n) is 11.1. The highest BCUT2D eigenvalue weighted by Crippen LogP contribution is 2.55. The summed E-state index contributed by atoms with van der Waals surface area (Å²) in [6.45, 7) is 0.190. The molecule has 2 aliphatic heterocycles. The van der Waals surface area contributed by atoms with Gasteiger partial charge < -0.3 is 38.5 Å². The van der Waals surface area contributed by atoms with Crippen molar-refractivity contribution in [3.05, 3.63) is 76.8 Å². The first-order valence-corrected chi connectivity index (χ1v) is 14.5. The van der Waals surface area contributed by atoms with E-state index in [9.17, 15) is 9.59 Å². The van der Waals surface area contributed by atoms with Crippen LogP contribution in [0, 0.1) is 11.8 Å². The maximum atomic E-state index is 13.7. The molecule has 2 aromatic carbocycles. The van der Waals surface area contributed by atoms with Gasteiger partial charge in [0.2, 0.25) is 12.5 Å². The van der Waals surface area contributed by atoms with E-state index in [1.807, 2.05) is 42.5 Å². The molecule has 0 radical (unpaired) electrons. The summed E-state index contributed by atoms with van der Waals surface area (Å²) >= 11 is 0. The summed E-state index contributed by atoms with van der Waals surface area (Å²) in [5, 5.41) is 11.5. The van der Waals surface area contributed by atoms with Crippen molar-refractivity contribution in [1.82, 2.24) is 20.3 Å². The van der Waals surface area contributed by atoms with Crippen molar-refractivity contribution in [2.24, 2.45) is 11.8 Å². The number of nitrogens with zero attached hydrogens (tertiary/aromatic N) is 3. The fraction of sp³-hybridized carbons (Fsp3) is 0.375. The number of ether oxygens (including phenoxy) is 7.